The number of benzene rings is 1. The lowest BCUT2D eigenvalue weighted by atomic mass is 10.2. The van der Waals surface area contributed by atoms with E-state index in [1.165, 1.54) is 12.1 Å². The molecule has 0 aliphatic carbocycles. The first-order valence-corrected chi connectivity index (χ1v) is 6.06. The molecule has 1 atom stereocenters. The van der Waals surface area contributed by atoms with E-state index in [4.69, 9.17) is 0 Å². The summed E-state index contributed by atoms with van der Waals surface area (Å²) in [6.45, 7) is -1.85. The SMILES string of the molecule is O=C1CC(S)CN1Cc1cccc(OC(F)F)c1. The largest absolute Gasteiger partial charge is 0.435 e. The van der Waals surface area contributed by atoms with Crippen molar-refractivity contribution in [3.8, 4) is 5.75 Å². The van der Waals surface area contributed by atoms with E-state index in [-0.39, 0.29) is 16.9 Å². The second kappa shape index (κ2) is 5.56. The summed E-state index contributed by atoms with van der Waals surface area (Å²) in [5.41, 5.74) is 0.768. The van der Waals surface area contributed by atoms with Crippen molar-refractivity contribution in [1.82, 2.24) is 4.90 Å². The Morgan fingerprint density at radius 3 is 2.89 bits per heavy atom. The molecule has 1 heterocycles. The number of halogens is 2. The molecule has 1 saturated heterocycles. The standard InChI is InChI=1S/C12H13F2NO2S/c13-12(14)17-9-3-1-2-8(4-9)6-15-7-10(18)5-11(15)16/h1-4,10,12,18H,5-7H2. The lowest BCUT2D eigenvalue weighted by Gasteiger charge is -2.16. The van der Waals surface area contributed by atoms with Gasteiger partial charge in [0.25, 0.3) is 0 Å². The van der Waals surface area contributed by atoms with Crippen molar-refractivity contribution in [1.29, 1.82) is 0 Å². The summed E-state index contributed by atoms with van der Waals surface area (Å²) in [4.78, 5) is 13.2. The molecule has 1 aliphatic rings. The number of ether oxygens (including phenoxy) is 1. The normalized spacial score (nSPS) is 19.7. The predicted octanol–water partition coefficient (Wildman–Crippen LogP) is 2.32. The molecular formula is C12H13F2NO2S. The van der Waals surface area contributed by atoms with Crippen molar-refractivity contribution in [2.45, 2.75) is 24.8 Å². The maximum Gasteiger partial charge on any atom is 0.387 e. The Labute approximate surface area is 109 Å². The van der Waals surface area contributed by atoms with E-state index >= 15 is 0 Å². The predicted molar refractivity (Wildman–Crippen MR) is 65.9 cm³/mol. The highest BCUT2D eigenvalue weighted by atomic mass is 32.1. The van der Waals surface area contributed by atoms with Gasteiger partial charge >= 0.3 is 6.61 Å². The van der Waals surface area contributed by atoms with Gasteiger partial charge in [0.15, 0.2) is 0 Å². The quantitative estimate of drug-likeness (QED) is 0.853. The van der Waals surface area contributed by atoms with Crippen LogP contribution in [0.15, 0.2) is 24.3 Å². The fourth-order valence-corrected chi connectivity index (χ4v) is 2.30. The monoisotopic (exact) mass is 273 g/mol. The van der Waals surface area contributed by atoms with Crippen LogP contribution in [-0.4, -0.2) is 29.2 Å². The molecule has 0 bridgehead atoms. The Kier molecular flexibility index (Phi) is 4.06. The van der Waals surface area contributed by atoms with Crippen molar-refractivity contribution in [2.75, 3.05) is 6.54 Å². The fraction of sp³-hybridized carbons (Fsp3) is 0.417. The number of rotatable bonds is 4. The molecule has 6 heteroatoms. The number of amides is 1. The molecule has 1 aliphatic heterocycles. The third kappa shape index (κ3) is 3.35. The Morgan fingerprint density at radius 2 is 2.28 bits per heavy atom. The summed E-state index contributed by atoms with van der Waals surface area (Å²) >= 11 is 4.26. The first-order valence-electron chi connectivity index (χ1n) is 5.54. The summed E-state index contributed by atoms with van der Waals surface area (Å²) in [6.07, 6.45) is 0.427. The van der Waals surface area contributed by atoms with Gasteiger partial charge in [-0.3, -0.25) is 4.79 Å². The Balaban J connectivity index is 2.03. The number of alkyl halides is 2. The highest BCUT2D eigenvalue weighted by molar-refractivity contribution is 7.81. The van der Waals surface area contributed by atoms with E-state index in [0.717, 1.165) is 5.56 Å². The molecular weight excluding hydrogens is 260 g/mol. The maximum absolute atomic E-state index is 12.1. The number of nitrogens with zero attached hydrogens (tertiary/aromatic N) is 1. The van der Waals surface area contributed by atoms with Gasteiger partial charge in [-0.1, -0.05) is 12.1 Å². The van der Waals surface area contributed by atoms with Crippen LogP contribution in [0, 0.1) is 0 Å². The van der Waals surface area contributed by atoms with Crippen molar-refractivity contribution in [3.63, 3.8) is 0 Å². The van der Waals surface area contributed by atoms with Gasteiger partial charge in [0.2, 0.25) is 5.91 Å². The first kappa shape index (κ1) is 13.1. The van der Waals surface area contributed by atoms with Crippen LogP contribution in [0.1, 0.15) is 12.0 Å². The zero-order chi connectivity index (χ0) is 13.1. The van der Waals surface area contributed by atoms with Crippen molar-refractivity contribution >= 4 is 18.5 Å². The Bertz CT molecular complexity index is 442. The summed E-state index contributed by atoms with van der Waals surface area (Å²) < 4.78 is 28.5. The van der Waals surface area contributed by atoms with Gasteiger partial charge in [-0.05, 0) is 17.7 Å². The van der Waals surface area contributed by atoms with Crippen LogP contribution in [0.2, 0.25) is 0 Å². The molecule has 0 aromatic heterocycles. The van der Waals surface area contributed by atoms with E-state index in [2.05, 4.69) is 17.4 Å². The zero-order valence-electron chi connectivity index (χ0n) is 9.55. The average Bonchev–Trinajstić information content (AvgIpc) is 2.57. The number of carbonyl (C=O) groups is 1. The van der Waals surface area contributed by atoms with Crippen molar-refractivity contribution in [2.24, 2.45) is 0 Å². The molecule has 0 saturated carbocycles. The molecule has 1 fully saturated rings. The van der Waals surface area contributed by atoms with Crippen LogP contribution < -0.4 is 4.74 Å². The second-order valence-electron chi connectivity index (χ2n) is 4.16. The summed E-state index contributed by atoms with van der Waals surface area (Å²) in [5.74, 6) is 0.145. The lowest BCUT2D eigenvalue weighted by Crippen LogP contribution is -2.24. The summed E-state index contributed by atoms with van der Waals surface area (Å²) in [6, 6.07) is 6.39. The Hall–Kier alpha value is -1.30. The highest BCUT2D eigenvalue weighted by Gasteiger charge is 2.26. The molecule has 1 aromatic rings. The summed E-state index contributed by atoms with van der Waals surface area (Å²) in [7, 11) is 0. The minimum atomic E-state index is -2.84. The van der Waals surface area contributed by atoms with Gasteiger partial charge in [-0.15, -0.1) is 0 Å². The molecule has 0 N–H and O–H groups in total. The van der Waals surface area contributed by atoms with Gasteiger partial charge in [0.1, 0.15) is 5.75 Å². The van der Waals surface area contributed by atoms with E-state index in [0.29, 0.717) is 19.5 Å². The van der Waals surface area contributed by atoms with Gasteiger partial charge in [-0.2, -0.15) is 21.4 Å². The molecule has 98 valence electrons. The van der Waals surface area contributed by atoms with Crippen LogP contribution in [-0.2, 0) is 11.3 Å². The minimum Gasteiger partial charge on any atom is -0.435 e. The number of carbonyl (C=O) groups excluding carboxylic acids is 1. The van der Waals surface area contributed by atoms with E-state index in [1.807, 2.05) is 0 Å². The third-order valence-corrected chi connectivity index (χ3v) is 3.04. The number of thiol groups is 1. The average molecular weight is 273 g/mol. The smallest absolute Gasteiger partial charge is 0.387 e. The maximum atomic E-state index is 12.1. The van der Waals surface area contributed by atoms with Crippen LogP contribution in [0.5, 0.6) is 5.75 Å². The second-order valence-corrected chi connectivity index (χ2v) is 4.89. The van der Waals surface area contributed by atoms with E-state index in [9.17, 15) is 13.6 Å². The van der Waals surface area contributed by atoms with Crippen LogP contribution >= 0.6 is 12.6 Å². The lowest BCUT2D eigenvalue weighted by molar-refractivity contribution is -0.128. The van der Waals surface area contributed by atoms with Gasteiger partial charge < -0.3 is 9.64 Å². The molecule has 2 rings (SSSR count). The van der Waals surface area contributed by atoms with Gasteiger partial charge in [-0.25, -0.2) is 0 Å². The number of hydrogen-bond acceptors (Lipinski definition) is 3. The minimum absolute atomic E-state index is 0.0372. The van der Waals surface area contributed by atoms with Crippen molar-refractivity contribution in [3.05, 3.63) is 29.8 Å². The molecule has 0 spiro atoms. The van der Waals surface area contributed by atoms with Crippen LogP contribution in [0.3, 0.4) is 0 Å². The fourth-order valence-electron chi connectivity index (χ4n) is 1.94. The Morgan fingerprint density at radius 1 is 1.50 bits per heavy atom. The summed E-state index contributed by atoms with van der Waals surface area (Å²) in [5, 5.41) is 0.0537. The highest BCUT2D eigenvalue weighted by Crippen LogP contribution is 2.21. The molecule has 1 aromatic carbocycles. The zero-order valence-corrected chi connectivity index (χ0v) is 10.4. The number of likely N-dealkylation sites (tertiary alicyclic amines) is 1. The number of hydrogen-bond donors (Lipinski definition) is 1. The van der Waals surface area contributed by atoms with Crippen molar-refractivity contribution < 1.29 is 18.3 Å². The third-order valence-electron chi connectivity index (χ3n) is 2.69. The van der Waals surface area contributed by atoms with Crippen LogP contribution in [0.25, 0.3) is 0 Å². The van der Waals surface area contributed by atoms with E-state index in [1.54, 1.807) is 17.0 Å². The topological polar surface area (TPSA) is 29.5 Å². The van der Waals surface area contributed by atoms with Gasteiger partial charge in [0.05, 0.1) is 0 Å². The molecule has 3 nitrogen and oxygen atoms in total. The molecule has 1 amide bonds. The molecule has 0 radical (unpaired) electrons. The van der Waals surface area contributed by atoms with E-state index < -0.39 is 6.61 Å². The molecule has 1 unspecified atom stereocenters. The first-order chi connectivity index (χ1) is 8.54. The van der Waals surface area contributed by atoms with Crippen LogP contribution in [0.4, 0.5) is 8.78 Å². The molecule has 18 heavy (non-hydrogen) atoms. The van der Waals surface area contributed by atoms with Gasteiger partial charge in [0, 0.05) is 24.8 Å².